The van der Waals surface area contributed by atoms with Gasteiger partial charge in [-0.1, -0.05) is 30.3 Å². The molecule has 1 aromatic heterocycles. The summed E-state index contributed by atoms with van der Waals surface area (Å²) in [6.07, 6.45) is 2.52. The topological polar surface area (TPSA) is 50.9 Å². The Kier molecular flexibility index (Phi) is 2.55. The fourth-order valence-electron chi connectivity index (χ4n) is 1.28. The van der Waals surface area contributed by atoms with Crippen LogP contribution < -0.4 is 0 Å². The van der Waals surface area contributed by atoms with Gasteiger partial charge in [0.1, 0.15) is 12.7 Å². The summed E-state index contributed by atoms with van der Waals surface area (Å²) >= 11 is 0. The normalized spacial score (nSPS) is 12.6. The van der Waals surface area contributed by atoms with Gasteiger partial charge in [0, 0.05) is 0 Å². The number of nitrogens with zero attached hydrogens (tertiary/aromatic N) is 3. The standard InChI is InChI=1S/C10H11N3O/c14-10(6-13-8-11-7-12-13)9-4-2-1-3-5-9/h1-5,7-8,10,14H,6H2. The molecule has 0 saturated heterocycles. The molecule has 4 heteroatoms. The summed E-state index contributed by atoms with van der Waals surface area (Å²) in [6.45, 7) is 0.435. The minimum Gasteiger partial charge on any atom is -0.386 e. The second kappa shape index (κ2) is 4.02. The molecule has 0 aliphatic rings. The molecule has 2 aromatic rings. The van der Waals surface area contributed by atoms with Crippen molar-refractivity contribution in [3.63, 3.8) is 0 Å². The summed E-state index contributed by atoms with van der Waals surface area (Å²) in [4.78, 5) is 3.81. The van der Waals surface area contributed by atoms with Gasteiger partial charge in [-0.15, -0.1) is 0 Å². The van der Waals surface area contributed by atoms with Gasteiger partial charge in [-0.05, 0) is 5.56 Å². The molecule has 4 nitrogen and oxygen atoms in total. The van der Waals surface area contributed by atoms with E-state index in [0.29, 0.717) is 6.54 Å². The van der Waals surface area contributed by atoms with E-state index in [2.05, 4.69) is 10.1 Å². The molecule has 0 aliphatic carbocycles. The van der Waals surface area contributed by atoms with Gasteiger partial charge in [0.05, 0.1) is 12.6 Å². The van der Waals surface area contributed by atoms with Crippen LogP contribution in [0.5, 0.6) is 0 Å². The minimum absolute atomic E-state index is 0.435. The summed E-state index contributed by atoms with van der Waals surface area (Å²) in [5, 5.41) is 13.7. The van der Waals surface area contributed by atoms with Crippen LogP contribution in [0.15, 0.2) is 43.0 Å². The Hall–Kier alpha value is -1.68. The lowest BCUT2D eigenvalue weighted by atomic mass is 10.1. The highest BCUT2D eigenvalue weighted by Crippen LogP contribution is 2.13. The van der Waals surface area contributed by atoms with Crippen molar-refractivity contribution >= 4 is 0 Å². The number of hydrogen-bond donors (Lipinski definition) is 1. The van der Waals surface area contributed by atoms with Gasteiger partial charge in [0.2, 0.25) is 0 Å². The van der Waals surface area contributed by atoms with Crippen molar-refractivity contribution in [2.45, 2.75) is 12.6 Å². The van der Waals surface area contributed by atoms with Crippen molar-refractivity contribution in [2.75, 3.05) is 0 Å². The zero-order valence-electron chi connectivity index (χ0n) is 7.61. The van der Waals surface area contributed by atoms with Gasteiger partial charge in [-0.2, -0.15) is 5.10 Å². The molecule has 0 amide bonds. The van der Waals surface area contributed by atoms with Crippen LogP contribution in [0.25, 0.3) is 0 Å². The maximum absolute atomic E-state index is 9.80. The first-order valence-electron chi connectivity index (χ1n) is 4.41. The zero-order chi connectivity index (χ0) is 9.80. The monoisotopic (exact) mass is 189 g/mol. The highest BCUT2D eigenvalue weighted by Gasteiger charge is 2.07. The van der Waals surface area contributed by atoms with Gasteiger partial charge >= 0.3 is 0 Å². The molecule has 1 N–H and O–H groups in total. The third-order valence-electron chi connectivity index (χ3n) is 2.01. The average molecular weight is 189 g/mol. The summed E-state index contributed by atoms with van der Waals surface area (Å²) in [7, 11) is 0. The Morgan fingerprint density at radius 2 is 2.07 bits per heavy atom. The maximum Gasteiger partial charge on any atom is 0.137 e. The van der Waals surface area contributed by atoms with Crippen molar-refractivity contribution in [3.05, 3.63) is 48.5 Å². The van der Waals surface area contributed by atoms with Crippen LogP contribution in [0, 0.1) is 0 Å². The van der Waals surface area contributed by atoms with E-state index in [1.807, 2.05) is 30.3 Å². The summed E-state index contributed by atoms with van der Waals surface area (Å²) < 4.78 is 1.61. The van der Waals surface area contributed by atoms with Crippen LogP contribution in [0.2, 0.25) is 0 Å². The summed E-state index contributed by atoms with van der Waals surface area (Å²) in [5.74, 6) is 0. The fraction of sp³-hybridized carbons (Fsp3) is 0.200. The Labute approximate surface area is 81.8 Å². The molecule has 14 heavy (non-hydrogen) atoms. The van der Waals surface area contributed by atoms with Gasteiger partial charge in [0.15, 0.2) is 0 Å². The van der Waals surface area contributed by atoms with Crippen molar-refractivity contribution in [2.24, 2.45) is 0 Å². The lowest BCUT2D eigenvalue weighted by Gasteiger charge is -2.09. The molecule has 0 spiro atoms. The van der Waals surface area contributed by atoms with Crippen LogP contribution in [-0.4, -0.2) is 19.9 Å². The third kappa shape index (κ3) is 1.97. The highest BCUT2D eigenvalue weighted by atomic mass is 16.3. The number of hydrogen-bond acceptors (Lipinski definition) is 3. The van der Waals surface area contributed by atoms with E-state index in [0.717, 1.165) is 5.56 Å². The molecular formula is C10H11N3O. The molecule has 1 heterocycles. The van der Waals surface area contributed by atoms with Crippen LogP contribution >= 0.6 is 0 Å². The molecule has 0 saturated carbocycles. The molecule has 2 rings (SSSR count). The number of rotatable bonds is 3. The van der Waals surface area contributed by atoms with E-state index in [1.54, 1.807) is 11.0 Å². The minimum atomic E-state index is -0.530. The van der Waals surface area contributed by atoms with Crippen molar-refractivity contribution in [1.29, 1.82) is 0 Å². The summed E-state index contributed by atoms with van der Waals surface area (Å²) in [6, 6.07) is 9.51. The average Bonchev–Trinajstić information content (AvgIpc) is 2.72. The van der Waals surface area contributed by atoms with E-state index >= 15 is 0 Å². The molecule has 1 unspecified atom stereocenters. The lowest BCUT2D eigenvalue weighted by Crippen LogP contribution is -2.08. The smallest absolute Gasteiger partial charge is 0.137 e. The predicted molar refractivity (Wildman–Crippen MR) is 51.4 cm³/mol. The maximum atomic E-state index is 9.80. The molecule has 0 bridgehead atoms. The van der Waals surface area contributed by atoms with Gasteiger partial charge < -0.3 is 5.11 Å². The van der Waals surface area contributed by atoms with E-state index in [9.17, 15) is 5.11 Å². The van der Waals surface area contributed by atoms with E-state index in [1.165, 1.54) is 6.33 Å². The second-order valence-electron chi connectivity index (χ2n) is 3.04. The number of benzene rings is 1. The summed E-state index contributed by atoms with van der Waals surface area (Å²) in [5.41, 5.74) is 0.892. The van der Waals surface area contributed by atoms with E-state index in [4.69, 9.17) is 0 Å². The Morgan fingerprint density at radius 3 is 2.71 bits per heavy atom. The quantitative estimate of drug-likeness (QED) is 0.784. The first-order valence-corrected chi connectivity index (χ1v) is 4.41. The van der Waals surface area contributed by atoms with Crippen LogP contribution in [-0.2, 0) is 6.54 Å². The van der Waals surface area contributed by atoms with Gasteiger partial charge in [-0.25, -0.2) is 4.98 Å². The first-order chi connectivity index (χ1) is 6.86. The first kappa shape index (κ1) is 8.90. The Bertz CT molecular complexity index is 372. The Morgan fingerprint density at radius 1 is 1.29 bits per heavy atom. The molecule has 0 aliphatic heterocycles. The molecular weight excluding hydrogens is 178 g/mol. The predicted octanol–water partition coefficient (Wildman–Crippen LogP) is 1.01. The van der Waals surface area contributed by atoms with E-state index < -0.39 is 6.10 Å². The van der Waals surface area contributed by atoms with Crippen molar-refractivity contribution in [3.8, 4) is 0 Å². The third-order valence-corrected chi connectivity index (χ3v) is 2.01. The number of aliphatic hydroxyl groups excluding tert-OH is 1. The molecule has 1 aromatic carbocycles. The van der Waals surface area contributed by atoms with Crippen LogP contribution in [0.3, 0.4) is 0 Å². The number of aliphatic hydroxyl groups is 1. The lowest BCUT2D eigenvalue weighted by molar-refractivity contribution is 0.151. The highest BCUT2D eigenvalue weighted by molar-refractivity contribution is 5.16. The second-order valence-corrected chi connectivity index (χ2v) is 3.04. The zero-order valence-corrected chi connectivity index (χ0v) is 7.61. The molecule has 1 atom stereocenters. The van der Waals surface area contributed by atoms with Crippen LogP contribution in [0.4, 0.5) is 0 Å². The molecule has 0 fully saturated rings. The largest absolute Gasteiger partial charge is 0.386 e. The van der Waals surface area contributed by atoms with Crippen molar-refractivity contribution < 1.29 is 5.11 Å². The molecule has 72 valence electrons. The molecule has 0 radical (unpaired) electrons. The van der Waals surface area contributed by atoms with Crippen molar-refractivity contribution in [1.82, 2.24) is 14.8 Å². The fourth-order valence-corrected chi connectivity index (χ4v) is 1.28. The SMILES string of the molecule is OC(Cn1cncn1)c1ccccc1. The number of aromatic nitrogens is 3. The van der Waals surface area contributed by atoms with E-state index in [-0.39, 0.29) is 0 Å². The van der Waals surface area contributed by atoms with Gasteiger partial charge in [-0.3, -0.25) is 4.68 Å². The van der Waals surface area contributed by atoms with Crippen LogP contribution in [0.1, 0.15) is 11.7 Å². The Balaban J connectivity index is 2.07. The van der Waals surface area contributed by atoms with Gasteiger partial charge in [0.25, 0.3) is 0 Å².